The minimum absolute atomic E-state index is 0.234. The summed E-state index contributed by atoms with van der Waals surface area (Å²) in [4.78, 5) is 11.7. The van der Waals surface area contributed by atoms with E-state index >= 15 is 0 Å². The van der Waals surface area contributed by atoms with Gasteiger partial charge in [0.05, 0.1) is 5.56 Å². The molecular formula is C19H16FNO2. The summed E-state index contributed by atoms with van der Waals surface area (Å²) < 4.78 is 15.0. The Kier molecular flexibility index (Phi) is 3.74. The van der Waals surface area contributed by atoms with Gasteiger partial charge in [-0.25, -0.2) is 9.18 Å². The summed E-state index contributed by atoms with van der Waals surface area (Å²) in [6, 6.07) is 13.7. The van der Waals surface area contributed by atoms with Crippen molar-refractivity contribution >= 4 is 5.97 Å². The average Bonchev–Trinajstić information content (AvgIpc) is 2.86. The van der Waals surface area contributed by atoms with E-state index in [4.69, 9.17) is 0 Å². The highest BCUT2D eigenvalue weighted by atomic mass is 19.1. The van der Waals surface area contributed by atoms with Crippen molar-refractivity contribution < 1.29 is 14.3 Å². The third kappa shape index (κ3) is 2.75. The lowest BCUT2D eigenvalue weighted by Gasteiger charge is -2.06. The summed E-state index contributed by atoms with van der Waals surface area (Å²) in [5.74, 6) is -1.34. The zero-order valence-corrected chi connectivity index (χ0v) is 12.9. The fraction of sp³-hybridized carbons (Fsp3) is 0.105. The fourth-order valence-corrected chi connectivity index (χ4v) is 2.70. The summed E-state index contributed by atoms with van der Waals surface area (Å²) in [6.07, 6.45) is 1.79. The number of carbonyl (C=O) groups is 1. The molecule has 1 aromatic heterocycles. The Hall–Kier alpha value is -2.88. The number of halogens is 1. The number of rotatable bonds is 3. The van der Waals surface area contributed by atoms with E-state index in [0.29, 0.717) is 16.8 Å². The largest absolute Gasteiger partial charge is 0.478 e. The van der Waals surface area contributed by atoms with Crippen molar-refractivity contribution in [1.82, 2.24) is 4.57 Å². The highest BCUT2D eigenvalue weighted by Gasteiger charge is 2.20. The Morgan fingerprint density at radius 2 is 1.61 bits per heavy atom. The van der Waals surface area contributed by atoms with Crippen molar-refractivity contribution in [2.75, 3.05) is 0 Å². The molecule has 0 aliphatic carbocycles. The molecule has 0 atom stereocenters. The standard InChI is InChI=1S/C19H16FNO2/c1-12-3-9-16(10-4-12)21-11-17(18(13(21)2)19(22)23)14-5-7-15(20)8-6-14/h3-11H,1-2H3,(H,22,23). The molecule has 23 heavy (non-hydrogen) atoms. The average molecular weight is 309 g/mol. The lowest BCUT2D eigenvalue weighted by atomic mass is 10.0. The first-order valence-electron chi connectivity index (χ1n) is 7.25. The van der Waals surface area contributed by atoms with Crippen molar-refractivity contribution in [1.29, 1.82) is 0 Å². The minimum Gasteiger partial charge on any atom is -0.478 e. The van der Waals surface area contributed by atoms with Crippen LogP contribution in [0.5, 0.6) is 0 Å². The van der Waals surface area contributed by atoms with E-state index in [9.17, 15) is 14.3 Å². The first-order valence-corrected chi connectivity index (χ1v) is 7.25. The number of carboxylic acid groups (broad SMARTS) is 1. The highest BCUT2D eigenvalue weighted by molar-refractivity contribution is 5.97. The molecule has 0 saturated carbocycles. The summed E-state index contributed by atoms with van der Waals surface area (Å²) in [5.41, 5.74) is 4.16. The van der Waals surface area contributed by atoms with Gasteiger partial charge < -0.3 is 9.67 Å². The van der Waals surface area contributed by atoms with Crippen LogP contribution in [-0.2, 0) is 0 Å². The molecule has 3 aromatic rings. The van der Waals surface area contributed by atoms with Gasteiger partial charge in [-0.15, -0.1) is 0 Å². The van der Waals surface area contributed by atoms with Gasteiger partial charge >= 0.3 is 5.97 Å². The number of hydrogen-bond acceptors (Lipinski definition) is 1. The van der Waals surface area contributed by atoms with Crippen LogP contribution in [0, 0.1) is 19.7 Å². The first kappa shape index (κ1) is 15.0. The Morgan fingerprint density at radius 3 is 2.17 bits per heavy atom. The molecule has 116 valence electrons. The molecular weight excluding hydrogens is 293 g/mol. The van der Waals surface area contributed by atoms with Crippen molar-refractivity contribution in [3.8, 4) is 16.8 Å². The number of hydrogen-bond donors (Lipinski definition) is 1. The Labute approximate surface area is 133 Å². The summed E-state index contributed by atoms with van der Waals surface area (Å²) >= 11 is 0. The normalized spacial score (nSPS) is 10.7. The van der Waals surface area contributed by atoms with E-state index < -0.39 is 5.97 Å². The first-order chi connectivity index (χ1) is 11.0. The number of aromatic carboxylic acids is 1. The van der Waals surface area contributed by atoms with Gasteiger partial charge in [0.15, 0.2) is 0 Å². The minimum atomic E-state index is -0.993. The van der Waals surface area contributed by atoms with Crippen LogP contribution >= 0.6 is 0 Å². The maximum Gasteiger partial charge on any atom is 0.338 e. The SMILES string of the molecule is Cc1ccc(-n2cc(-c3ccc(F)cc3)c(C(=O)O)c2C)cc1. The van der Waals surface area contributed by atoms with Gasteiger partial charge in [0.25, 0.3) is 0 Å². The zero-order chi connectivity index (χ0) is 16.6. The van der Waals surface area contributed by atoms with Crippen LogP contribution < -0.4 is 0 Å². The van der Waals surface area contributed by atoms with E-state index in [0.717, 1.165) is 11.3 Å². The highest BCUT2D eigenvalue weighted by Crippen LogP contribution is 2.30. The molecule has 0 aliphatic rings. The van der Waals surface area contributed by atoms with Crippen LogP contribution in [0.3, 0.4) is 0 Å². The van der Waals surface area contributed by atoms with E-state index in [1.54, 1.807) is 25.3 Å². The van der Waals surface area contributed by atoms with Gasteiger partial charge in [0, 0.05) is 23.1 Å². The second kappa shape index (κ2) is 5.72. The third-order valence-electron chi connectivity index (χ3n) is 3.93. The topological polar surface area (TPSA) is 42.2 Å². The Morgan fingerprint density at radius 1 is 1.00 bits per heavy atom. The lowest BCUT2D eigenvalue weighted by molar-refractivity contribution is 0.0697. The van der Waals surface area contributed by atoms with Gasteiger partial charge in [-0.05, 0) is 43.7 Å². The van der Waals surface area contributed by atoms with Crippen LogP contribution in [0.4, 0.5) is 4.39 Å². The number of benzene rings is 2. The van der Waals surface area contributed by atoms with Crippen molar-refractivity contribution in [3.05, 3.63) is 77.4 Å². The van der Waals surface area contributed by atoms with E-state index in [2.05, 4.69) is 0 Å². The molecule has 0 bridgehead atoms. The quantitative estimate of drug-likeness (QED) is 0.768. The van der Waals surface area contributed by atoms with E-state index in [1.165, 1.54) is 12.1 Å². The molecule has 2 aromatic carbocycles. The number of aromatic nitrogens is 1. The van der Waals surface area contributed by atoms with Crippen molar-refractivity contribution in [3.63, 3.8) is 0 Å². The van der Waals surface area contributed by atoms with Gasteiger partial charge in [0.1, 0.15) is 5.82 Å². The van der Waals surface area contributed by atoms with Gasteiger partial charge in [-0.2, -0.15) is 0 Å². The van der Waals surface area contributed by atoms with Crippen LogP contribution in [-0.4, -0.2) is 15.6 Å². The zero-order valence-electron chi connectivity index (χ0n) is 12.9. The second-order valence-electron chi connectivity index (χ2n) is 5.52. The van der Waals surface area contributed by atoms with Crippen molar-refractivity contribution in [2.45, 2.75) is 13.8 Å². The van der Waals surface area contributed by atoms with Crippen LogP contribution in [0.25, 0.3) is 16.8 Å². The molecule has 0 unspecified atom stereocenters. The maximum absolute atomic E-state index is 13.1. The molecule has 3 rings (SSSR count). The second-order valence-corrected chi connectivity index (χ2v) is 5.52. The van der Waals surface area contributed by atoms with Gasteiger partial charge in [-0.3, -0.25) is 0 Å². The molecule has 0 spiro atoms. The Balaban J connectivity index is 2.20. The number of nitrogens with zero attached hydrogens (tertiary/aromatic N) is 1. The van der Waals surface area contributed by atoms with Gasteiger partial charge in [0.2, 0.25) is 0 Å². The molecule has 4 heteroatoms. The number of carboxylic acids is 1. The smallest absolute Gasteiger partial charge is 0.338 e. The molecule has 1 heterocycles. The monoisotopic (exact) mass is 309 g/mol. The molecule has 3 nitrogen and oxygen atoms in total. The molecule has 0 radical (unpaired) electrons. The fourth-order valence-electron chi connectivity index (χ4n) is 2.70. The summed E-state index contributed by atoms with van der Waals surface area (Å²) in [5, 5.41) is 9.58. The predicted molar refractivity (Wildman–Crippen MR) is 87.6 cm³/mol. The lowest BCUT2D eigenvalue weighted by Crippen LogP contribution is -2.02. The molecule has 1 N–H and O–H groups in total. The van der Waals surface area contributed by atoms with Crippen LogP contribution in [0.15, 0.2) is 54.7 Å². The molecule has 0 fully saturated rings. The molecule has 0 aliphatic heterocycles. The van der Waals surface area contributed by atoms with Gasteiger partial charge in [-0.1, -0.05) is 29.8 Å². The molecule has 0 amide bonds. The van der Waals surface area contributed by atoms with E-state index in [-0.39, 0.29) is 11.4 Å². The summed E-state index contributed by atoms with van der Waals surface area (Å²) in [7, 11) is 0. The van der Waals surface area contributed by atoms with Crippen LogP contribution in [0.2, 0.25) is 0 Å². The van der Waals surface area contributed by atoms with E-state index in [1.807, 2.05) is 35.8 Å². The predicted octanol–water partition coefficient (Wildman–Crippen LogP) is 4.60. The van der Waals surface area contributed by atoms with Crippen LogP contribution in [0.1, 0.15) is 21.6 Å². The third-order valence-corrected chi connectivity index (χ3v) is 3.93. The number of aryl methyl sites for hydroxylation is 1. The maximum atomic E-state index is 13.1. The summed E-state index contributed by atoms with van der Waals surface area (Å²) in [6.45, 7) is 3.77. The Bertz CT molecular complexity index is 862. The molecule has 0 saturated heterocycles. The van der Waals surface area contributed by atoms with Crippen molar-refractivity contribution in [2.24, 2.45) is 0 Å².